The van der Waals surface area contributed by atoms with Crippen molar-refractivity contribution in [2.75, 3.05) is 19.8 Å². The van der Waals surface area contributed by atoms with Gasteiger partial charge in [0.1, 0.15) is 12.6 Å². The lowest BCUT2D eigenvalue weighted by Gasteiger charge is -2.20. The molecule has 0 saturated carbocycles. The minimum absolute atomic E-state index is 0.0906. The summed E-state index contributed by atoms with van der Waals surface area (Å²) in [6.45, 7) is 2.59. The van der Waals surface area contributed by atoms with Gasteiger partial charge in [-0.15, -0.1) is 0 Å². The van der Waals surface area contributed by atoms with Crippen molar-refractivity contribution in [1.82, 2.24) is 0 Å². The van der Waals surface area contributed by atoms with E-state index in [1.54, 1.807) is 12.2 Å². The number of rotatable bonds is 37. The van der Waals surface area contributed by atoms with Crippen LogP contribution in [0.2, 0.25) is 0 Å². The second-order valence-corrected chi connectivity index (χ2v) is 14.9. The first kappa shape index (κ1) is 51.2. The highest BCUT2D eigenvalue weighted by Crippen LogP contribution is 2.43. The van der Waals surface area contributed by atoms with Gasteiger partial charge in [-0.3, -0.25) is 18.6 Å². The van der Waals surface area contributed by atoms with Gasteiger partial charge in [0, 0.05) is 12.5 Å². The molecule has 11 nitrogen and oxygen atoms in total. The predicted octanol–water partition coefficient (Wildman–Crippen LogP) is 10.4. The number of carboxylic acid groups (broad SMARTS) is 1. The van der Waals surface area contributed by atoms with Crippen LogP contribution in [-0.4, -0.2) is 59.9 Å². The van der Waals surface area contributed by atoms with Gasteiger partial charge in [0.15, 0.2) is 6.10 Å². The molecule has 3 atom stereocenters. The van der Waals surface area contributed by atoms with Crippen LogP contribution in [0.3, 0.4) is 0 Å². The van der Waals surface area contributed by atoms with Gasteiger partial charge < -0.3 is 25.2 Å². The molecule has 12 heteroatoms. The molecule has 0 heterocycles. The maximum atomic E-state index is 12.6. The fraction of sp³-hybridized carbons (Fsp3) is 0.690. The summed E-state index contributed by atoms with van der Waals surface area (Å²) in [4.78, 5) is 45.7. The Kier molecular flexibility index (Phi) is 35.2. The second-order valence-electron chi connectivity index (χ2n) is 13.5. The van der Waals surface area contributed by atoms with Crippen molar-refractivity contribution < 1.29 is 47.5 Å². The largest absolute Gasteiger partial charge is 0.480 e. The zero-order chi connectivity index (χ0) is 40.0. The molecule has 0 amide bonds. The number of phosphoric ester groups is 1. The predicted molar refractivity (Wildman–Crippen MR) is 217 cm³/mol. The second kappa shape index (κ2) is 37.1. The number of nitrogens with two attached hydrogens (primary N) is 1. The molecule has 1 unspecified atom stereocenters. The van der Waals surface area contributed by atoms with Gasteiger partial charge in [-0.1, -0.05) is 146 Å². The molecule has 0 aromatic carbocycles. The van der Waals surface area contributed by atoms with Crippen LogP contribution in [0.5, 0.6) is 0 Å². The number of carbonyl (C=O) groups is 3. The zero-order valence-electron chi connectivity index (χ0n) is 33.3. The van der Waals surface area contributed by atoms with Crippen LogP contribution < -0.4 is 5.73 Å². The number of unbranched alkanes of at least 4 members (excludes halogenated alkanes) is 16. The number of allylic oxidation sites excluding steroid dienone is 9. The van der Waals surface area contributed by atoms with E-state index in [1.165, 1.54) is 89.5 Å². The Balaban J connectivity index is 4.59. The van der Waals surface area contributed by atoms with Crippen molar-refractivity contribution in [3.05, 3.63) is 60.8 Å². The fourth-order valence-electron chi connectivity index (χ4n) is 5.10. The fourth-order valence-corrected chi connectivity index (χ4v) is 5.88. The highest BCUT2D eigenvalue weighted by Gasteiger charge is 2.28. The highest BCUT2D eigenvalue weighted by atomic mass is 31.2. The molecule has 0 aliphatic heterocycles. The molecule has 0 aliphatic rings. The van der Waals surface area contributed by atoms with Gasteiger partial charge >= 0.3 is 25.7 Å². The Bertz CT molecular complexity index is 1150. The lowest BCUT2D eigenvalue weighted by molar-refractivity contribution is -0.159. The van der Waals surface area contributed by atoms with E-state index in [1.807, 2.05) is 6.08 Å². The summed E-state index contributed by atoms with van der Waals surface area (Å²) in [5.41, 5.74) is 5.31. The highest BCUT2D eigenvalue weighted by molar-refractivity contribution is 7.47. The number of carbonyl (C=O) groups excluding carboxylic acids is 2. The Morgan fingerprint density at radius 3 is 1.70 bits per heavy atom. The summed E-state index contributed by atoms with van der Waals surface area (Å²) in [5.74, 6) is -2.70. The number of hydrogen-bond acceptors (Lipinski definition) is 9. The summed E-state index contributed by atoms with van der Waals surface area (Å²) >= 11 is 0. The Morgan fingerprint density at radius 2 is 1.11 bits per heavy atom. The maximum absolute atomic E-state index is 12.6. The van der Waals surface area contributed by atoms with Crippen LogP contribution >= 0.6 is 7.82 Å². The van der Waals surface area contributed by atoms with Gasteiger partial charge in [0.05, 0.1) is 13.2 Å². The van der Waals surface area contributed by atoms with E-state index >= 15 is 0 Å². The van der Waals surface area contributed by atoms with Gasteiger partial charge in [0.2, 0.25) is 0 Å². The van der Waals surface area contributed by atoms with Crippen molar-refractivity contribution in [1.29, 1.82) is 0 Å². The normalized spacial score (nSPS) is 14.4. The van der Waals surface area contributed by atoms with Crippen LogP contribution in [0.15, 0.2) is 60.8 Å². The Hall–Kier alpha value is -2.82. The minimum Gasteiger partial charge on any atom is -0.480 e. The number of phosphoric acid groups is 1. The first-order chi connectivity index (χ1) is 26.1. The molecule has 0 saturated heterocycles. The van der Waals surface area contributed by atoms with Crippen LogP contribution in [-0.2, 0) is 37.5 Å². The van der Waals surface area contributed by atoms with E-state index in [-0.39, 0.29) is 6.42 Å². The van der Waals surface area contributed by atoms with Gasteiger partial charge in [-0.05, 0) is 57.8 Å². The molecule has 54 heavy (non-hydrogen) atoms. The van der Waals surface area contributed by atoms with Crippen molar-refractivity contribution in [2.45, 2.75) is 167 Å². The third kappa shape index (κ3) is 36.2. The molecule has 0 aromatic heterocycles. The van der Waals surface area contributed by atoms with Gasteiger partial charge in [-0.2, -0.15) is 0 Å². The summed E-state index contributed by atoms with van der Waals surface area (Å²) in [6.07, 6.45) is 42.1. The van der Waals surface area contributed by atoms with Crippen LogP contribution in [0, 0.1) is 0 Å². The number of ether oxygens (including phenoxy) is 2. The van der Waals surface area contributed by atoms with Crippen molar-refractivity contribution in [3.63, 3.8) is 0 Å². The number of carboxylic acids is 1. The average molecular weight is 782 g/mol. The van der Waals surface area contributed by atoms with E-state index in [2.05, 4.69) is 54.8 Å². The Morgan fingerprint density at radius 1 is 0.630 bits per heavy atom. The van der Waals surface area contributed by atoms with Gasteiger partial charge in [0.25, 0.3) is 0 Å². The van der Waals surface area contributed by atoms with E-state index in [4.69, 9.17) is 24.8 Å². The standard InChI is InChI=1S/C42H72NO10P/c1-3-5-7-9-11-13-15-17-19-21-23-25-27-29-31-33-40(44)50-35-38(36-51-54(48,49)52-37-39(43)42(46)47)53-41(45)34-32-30-28-26-24-22-20-18-16-14-12-10-8-6-4-2/h12,14,18,20,24,26-27,29,31,33,38-39H,3-11,13,15-17,19,21-23,25,28,30,32,34-37,43H2,1-2H3,(H,46,47)(H,48,49)/b14-12+,20-18+,26-24+,29-27+,33-31+/t38-,39+/m1/s1. The monoisotopic (exact) mass is 781 g/mol. The van der Waals surface area contributed by atoms with E-state index in [0.717, 1.165) is 44.9 Å². The summed E-state index contributed by atoms with van der Waals surface area (Å²) in [6, 6.07) is -1.54. The van der Waals surface area contributed by atoms with Crippen LogP contribution in [0.25, 0.3) is 0 Å². The molecular formula is C42H72NO10P. The lowest BCUT2D eigenvalue weighted by Crippen LogP contribution is -2.34. The summed E-state index contributed by atoms with van der Waals surface area (Å²) < 4.78 is 32.4. The summed E-state index contributed by atoms with van der Waals surface area (Å²) in [7, 11) is -4.74. The molecule has 0 rings (SSSR count). The van der Waals surface area contributed by atoms with Crippen molar-refractivity contribution >= 4 is 25.7 Å². The smallest absolute Gasteiger partial charge is 0.472 e. The van der Waals surface area contributed by atoms with Crippen molar-refractivity contribution in [3.8, 4) is 0 Å². The van der Waals surface area contributed by atoms with E-state index in [0.29, 0.717) is 6.42 Å². The number of hydrogen-bond donors (Lipinski definition) is 3. The van der Waals surface area contributed by atoms with Crippen molar-refractivity contribution in [2.24, 2.45) is 5.73 Å². The Labute approximate surface area is 326 Å². The third-order valence-corrected chi connectivity index (χ3v) is 9.29. The maximum Gasteiger partial charge on any atom is 0.472 e. The summed E-state index contributed by atoms with van der Waals surface area (Å²) in [5, 5.41) is 8.86. The SMILES string of the molecule is CCCCC/C=C/C/C=C/C/C=C/CCCCC(=O)O[C@H](COC(=O)/C=C/C=C/CCCCCCCCCCCCC)COP(=O)(O)OC[C@H](N)C(=O)O. The lowest BCUT2D eigenvalue weighted by atomic mass is 10.1. The van der Waals surface area contributed by atoms with Crippen LogP contribution in [0.1, 0.15) is 155 Å². The third-order valence-electron chi connectivity index (χ3n) is 8.34. The molecule has 0 bridgehead atoms. The molecule has 0 aliphatic carbocycles. The molecule has 0 radical (unpaired) electrons. The van der Waals surface area contributed by atoms with E-state index in [9.17, 15) is 23.8 Å². The number of aliphatic carboxylic acids is 1. The minimum atomic E-state index is -4.74. The van der Waals surface area contributed by atoms with Crippen LogP contribution in [0.4, 0.5) is 0 Å². The molecule has 4 N–H and O–H groups in total. The molecule has 0 spiro atoms. The topological polar surface area (TPSA) is 172 Å². The zero-order valence-corrected chi connectivity index (χ0v) is 34.2. The number of esters is 2. The molecule has 310 valence electrons. The first-order valence-corrected chi connectivity index (χ1v) is 21.9. The first-order valence-electron chi connectivity index (χ1n) is 20.4. The van der Waals surface area contributed by atoms with Gasteiger partial charge in [-0.25, -0.2) is 9.36 Å². The molecule has 0 fully saturated rings. The average Bonchev–Trinajstić information content (AvgIpc) is 3.14. The quantitative estimate of drug-likeness (QED) is 0.0137. The van der Waals surface area contributed by atoms with E-state index < -0.39 is 57.7 Å². The molecule has 0 aromatic rings. The molecular weight excluding hydrogens is 709 g/mol.